The van der Waals surface area contributed by atoms with Crippen molar-refractivity contribution in [1.82, 2.24) is 14.5 Å². The molecule has 6 heteroatoms. The molecule has 1 atom stereocenters. The number of nitrogens with two attached hydrogens (primary N) is 1. The minimum absolute atomic E-state index is 0.0503. The summed E-state index contributed by atoms with van der Waals surface area (Å²) in [5.74, 6) is -0.0503. The van der Waals surface area contributed by atoms with Crippen molar-refractivity contribution in [3.63, 3.8) is 0 Å². The Hall–Kier alpha value is -2.34. The van der Waals surface area contributed by atoms with Gasteiger partial charge in [-0.2, -0.15) is 0 Å². The van der Waals surface area contributed by atoms with Crippen molar-refractivity contribution in [2.45, 2.75) is 26.3 Å². The smallest absolute Gasteiger partial charge is 0.330 e. The Kier molecular flexibility index (Phi) is 4.82. The second-order valence-electron chi connectivity index (χ2n) is 5.46. The van der Waals surface area contributed by atoms with E-state index in [1.807, 2.05) is 13.8 Å². The molecule has 118 valence electrons. The number of benzene rings is 1. The van der Waals surface area contributed by atoms with Gasteiger partial charge in [0, 0.05) is 30.5 Å². The molecule has 6 nitrogen and oxygen atoms in total. The average Bonchev–Trinajstić information content (AvgIpc) is 2.85. The molecule has 0 saturated carbocycles. The summed E-state index contributed by atoms with van der Waals surface area (Å²) in [4.78, 5) is 28.5. The zero-order chi connectivity index (χ0) is 16.3. The van der Waals surface area contributed by atoms with E-state index in [9.17, 15) is 9.59 Å². The van der Waals surface area contributed by atoms with E-state index >= 15 is 0 Å². The van der Waals surface area contributed by atoms with E-state index < -0.39 is 0 Å². The minimum atomic E-state index is -0.190. The van der Waals surface area contributed by atoms with Crippen molar-refractivity contribution in [2.24, 2.45) is 5.73 Å². The molecule has 0 saturated heterocycles. The highest BCUT2D eigenvalue weighted by molar-refractivity contribution is 5.94. The number of hydrogen-bond acceptors (Lipinski definition) is 3. The minimum Gasteiger partial charge on any atom is -0.339 e. The number of carbonyl (C=O) groups is 1. The molecule has 3 N–H and O–H groups in total. The summed E-state index contributed by atoms with van der Waals surface area (Å²) in [5, 5.41) is 0. The largest absolute Gasteiger partial charge is 0.339 e. The van der Waals surface area contributed by atoms with Gasteiger partial charge in [0.2, 0.25) is 0 Å². The van der Waals surface area contributed by atoms with E-state index in [2.05, 4.69) is 4.98 Å². The zero-order valence-corrected chi connectivity index (χ0v) is 13.2. The highest BCUT2D eigenvalue weighted by atomic mass is 16.2. The van der Waals surface area contributed by atoms with Crippen LogP contribution in [-0.2, 0) is 0 Å². The summed E-state index contributed by atoms with van der Waals surface area (Å²) in [6.07, 6.45) is 2.42. The molecule has 2 aromatic rings. The number of aromatic amines is 1. The van der Waals surface area contributed by atoms with E-state index in [-0.39, 0.29) is 17.6 Å². The van der Waals surface area contributed by atoms with E-state index in [1.54, 1.807) is 47.0 Å². The van der Waals surface area contributed by atoms with Crippen LogP contribution in [0.2, 0.25) is 0 Å². The number of hydrogen-bond donors (Lipinski definition) is 2. The molecule has 0 aliphatic heterocycles. The van der Waals surface area contributed by atoms with Crippen LogP contribution in [-0.4, -0.2) is 40.0 Å². The van der Waals surface area contributed by atoms with Gasteiger partial charge in [-0.1, -0.05) is 0 Å². The molecule has 0 fully saturated rings. The van der Waals surface area contributed by atoms with Crippen molar-refractivity contribution < 1.29 is 4.79 Å². The Morgan fingerprint density at radius 1 is 1.36 bits per heavy atom. The van der Waals surface area contributed by atoms with Crippen LogP contribution in [0.4, 0.5) is 0 Å². The maximum atomic E-state index is 12.4. The second kappa shape index (κ2) is 6.62. The fraction of sp³-hybridized carbons (Fsp3) is 0.375. The maximum Gasteiger partial charge on any atom is 0.330 e. The average molecular weight is 302 g/mol. The number of imidazole rings is 1. The van der Waals surface area contributed by atoms with E-state index in [0.29, 0.717) is 12.1 Å². The number of aromatic nitrogens is 2. The predicted octanol–water partition coefficient (Wildman–Crippen LogP) is 1.28. The number of nitrogens with one attached hydrogen (secondary N) is 1. The summed E-state index contributed by atoms with van der Waals surface area (Å²) in [5.41, 5.74) is 7.49. The van der Waals surface area contributed by atoms with Gasteiger partial charge in [-0.3, -0.25) is 9.36 Å². The van der Waals surface area contributed by atoms with Gasteiger partial charge in [-0.05, 0) is 51.1 Å². The van der Waals surface area contributed by atoms with E-state index in [4.69, 9.17) is 5.73 Å². The first kappa shape index (κ1) is 16.0. The quantitative estimate of drug-likeness (QED) is 0.872. The third kappa shape index (κ3) is 3.12. The van der Waals surface area contributed by atoms with Crippen molar-refractivity contribution in [1.29, 1.82) is 0 Å². The third-order valence-electron chi connectivity index (χ3n) is 3.90. The van der Waals surface area contributed by atoms with Gasteiger partial charge in [-0.15, -0.1) is 0 Å². The fourth-order valence-corrected chi connectivity index (χ4v) is 2.37. The van der Waals surface area contributed by atoms with Crippen LogP contribution in [0.25, 0.3) is 5.69 Å². The Morgan fingerprint density at radius 3 is 2.50 bits per heavy atom. The molecule has 2 rings (SSSR count). The van der Waals surface area contributed by atoms with Gasteiger partial charge in [0.15, 0.2) is 0 Å². The third-order valence-corrected chi connectivity index (χ3v) is 3.90. The monoisotopic (exact) mass is 302 g/mol. The Bertz CT molecular complexity index is 700. The molecule has 0 aliphatic rings. The van der Waals surface area contributed by atoms with Crippen LogP contribution in [0, 0.1) is 6.92 Å². The van der Waals surface area contributed by atoms with Crippen molar-refractivity contribution in [2.75, 3.05) is 13.6 Å². The highest BCUT2D eigenvalue weighted by Crippen LogP contribution is 2.13. The lowest BCUT2D eigenvalue weighted by Crippen LogP contribution is -2.36. The van der Waals surface area contributed by atoms with Crippen molar-refractivity contribution in [3.8, 4) is 5.69 Å². The fourth-order valence-electron chi connectivity index (χ4n) is 2.37. The van der Waals surface area contributed by atoms with Gasteiger partial charge in [0.1, 0.15) is 0 Å². The molecule has 1 amide bonds. The summed E-state index contributed by atoms with van der Waals surface area (Å²) in [7, 11) is 1.78. The number of H-pyrrole nitrogens is 1. The zero-order valence-electron chi connectivity index (χ0n) is 13.2. The normalized spacial score (nSPS) is 12.2. The summed E-state index contributed by atoms with van der Waals surface area (Å²) in [6.45, 7) is 4.37. The number of carbonyl (C=O) groups excluding carboxylic acids is 1. The van der Waals surface area contributed by atoms with Crippen molar-refractivity contribution in [3.05, 3.63) is 52.2 Å². The van der Waals surface area contributed by atoms with Crippen LogP contribution in [0.1, 0.15) is 29.4 Å². The van der Waals surface area contributed by atoms with Gasteiger partial charge >= 0.3 is 5.69 Å². The summed E-state index contributed by atoms with van der Waals surface area (Å²) >= 11 is 0. The van der Waals surface area contributed by atoms with Gasteiger partial charge in [0.05, 0.1) is 5.69 Å². The first-order chi connectivity index (χ1) is 10.5. The second-order valence-corrected chi connectivity index (χ2v) is 5.46. The standard InChI is InChI=1S/C16H22N4O2/c1-11(8-9-17)19(3)15(21)13-4-6-14(7-5-13)20-12(2)10-18-16(20)22/h4-7,10-11H,8-9,17H2,1-3H3,(H,18,22). The van der Waals surface area contributed by atoms with E-state index in [0.717, 1.165) is 17.8 Å². The van der Waals surface area contributed by atoms with Crippen molar-refractivity contribution >= 4 is 5.91 Å². The van der Waals surface area contributed by atoms with Crippen LogP contribution < -0.4 is 11.4 Å². The van der Waals surface area contributed by atoms with Gasteiger partial charge in [-0.25, -0.2) is 4.79 Å². The molecule has 0 spiro atoms. The molecular weight excluding hydrogens is 280 g/mol. The van der Waals surface area contributed by atoms with Gasteiger partial charge in [0.25, 0.3) is 5.91 Å². The molecule has 22 heavy (non-hydrogen) atoms. The molecule has 0 radical (unpaired) electrons. The number of nitrogens with zero attached hydrogens (tertiary/aromatic N) is 2. The lowest BCUT2D eigenvalue weighted by Gasteiger charge is -2.24. The maximum absolute atomic E-state index is 12.4. The lowest BCUT2D eigenvalue weighted by atomic mass is 10.1. The topological polar surface area (TPSA) is 84.1 Å². The predicted molar refractivity (Wildman–Crippen MR) is 86.4 cm³/mol. The Balaban J connectivity index is 2.22. The lowest BCUT2D eigenvalue weighted by molar-refractivity contribution is 0.0739. The summed E-state index contributed by atoms with van der Waals surface area (Å²) < 4.78 is 1.56. The van der Waals surface area contributed by atoms with Crippen LogP contribution in [0.15, 0.2) is 35.3 Å². The molecule has 1 unspecified atom stereocenters. The molecule has 1 aromatic carbocycles. The molecule has 0 bridgehead atoms. The Labute approximate surface area is 129 Å². The SMILES string of the molecule is Cc1c[nH]c(=O)n1-c1ccc(C(=O)N(C)C(C)CCN)cc1. The van der Waals surface area contributed by atoms with Crippen LogP contribution >= 0.6 is 0 Å². The number of rotatable bonds is 5. The van der Waals surface area contributed by atoms with Gasteiger partial charge < -0.3 is 15.6 Å². The molecule has 0 aliphatic carbocycles. The van der Waals surface area contributed by atoms with E-state index in [1.165, 1.54) is 0 Å². The molecule has 1 aromatic heterocycles. The molecular formula is C16H22N4O2. The molecule has 1 heterocycles. The van der Waals surface area contributed by atoms with Crippen LogP contribution in [0.5, 0.6) is 0 Å². The number of amides is 1. The first-order valence-corrected chi connectivity index (χ1v) is 7.30. The summed E-state index contributed by atoms with van der Waals surface area (Å²) in [6, 6.07) is 7.12. The first-order valence-electron chi connectivity index (χ1n) is 7.30. The number of aryl methyl sites for hydroxylation is 1. The highest BCUT2D eigenvalue weighted by Gasteiger charge is 2.17. The van der Waals surface area contributed by atoms with Crippen LogP contribution in [0.3, 0.4) is 0 Å². The Morgan fingerprint density at radius 2 is 2.00 bits per heavy atom.